The molecule has 1 aromatic rings. The van der Waals surface area contributed by atoms with Gasteiger partial charge in [0.1, 0.15) is 5.75 Å². The monoisotopic (exact) mass is 249 g/mol. The number of rotatable bonds is 8. The van der Waals surface area contributed by atoms with E-state index < -0.39 is 0 Å². The Morgan fingerprint density at radius 3 is 2.06 bits per heavy atom. The third-order valence-electron chi connectivity index (χ3n) is 3.73. The van der Waals surface area contributed by atoms with Gasteiger partial charge in [0.2, 0.25) is 0 Å². The van der Waals surface area contributed by atoms with Crippen LogP contribution < -0.4 is 10.1 Å². The van der Waals surface area contributed by atoms with Crippen LogP contribution in [0.1, 0.15) is 51.6 Å². The molecule has 18 heavy (non-hydrogen) atoms. The van der Waals surface area contributed by atoms with Crippen molar-refractivity contribution >= 4 is 0 Å². The van der Waals surface area contributed by atoms with Gasteiger partial charge in [-0.3, -0.25) is 0 Å². The van der Waals surface area contributed by atoms with Gasteiger partial charge in [-0.05, 0) is 36.6 Å². The van der Waals surface area contributed by atoms with E-state index in [1.54, 1.807) is 7.11 Å². The fourth-order valence-electron chi connectivity index (χ4n) is 2.22. The normalized spacial score (nSPS) is 12.7. The number of ether oxygens (including phenoxy) is 1. The average Bonchev–Trinajstić information content (AvgIpc) is 2.44. The third-order valence-corrected chi connectivity index (χ3v) is 3.73. The van der Waals surface area contributed by atoms with Gasteiger partial charge < -0.3 is 10.1 Å². The minimum Gasteiger partial charge on any atom is -0.497 e. The quantitative estimate of drug-likeness (QED) is 0.746. The largest absolute Gasteiger partial charge is 0.497 e. The van der Waals surface area contributed by atoms with Crippen molar-refractivity contribution in [2.75, 3.05) is 13.7 Å². The van der Waals surface area contributed by atoms with Gasteiger partial charge in [0.15, 0.2) is 0 Å². The standard InChI is InChI=1S/C16H27NO/c1-5-13(6-2)12-17-16(7-3)14-8-10-15(18-4)11-9-14/h8-11,13,16-17H,5-7,12H2,1-4H3. The van der Waals surface area contributed by atoms with E-state index in [9.17, 15) is 0 Å². The number of methoxy groups -OCH3 is 1. The van der Waals surface area contributed by atoms with Gasteiger partial charge in [0.25, 0.3) is 0 Å². The number of nitrogens with one attached hydrogen (secondary N) is 1. The van der Waals surface area contributed by atoms with Gasteiger partial charge in [-0.1, -0.05) is 45.7 Å². The van der Waals surface area contributed by atoms with E-state index >= 15 is 0 Å². The Morgan fingerprint density at radius 2 is 1.61 bits per heavy atom. The SMILES string of the molecule is CCC(CC)CNC(CC)c1ccc(OC)cc1. The minimum absolute atomic E-state index is 0.455. The van der Waals surface area contributed by atoms with E-state index in [1.807, 2.05) is 12.1 Å². The van der Waals surface area contributed by atoms with E-state index in [1.165, 1.54) is 18.4 Å². The molecule has 0 bridgehead atoms. The van der Waals surface area contributed by atoms with Crippen LogP contribution in [0.5, 0.6) is 5.75 Å². The van der Waals surface area contributed by atoms with Crippen molar-refractivity contribution in [3.8, 4) is 5.75 Å². The highest BCUT2D eigenvalue weighted by Crippen LogP contribution is 2.20. The fourth-order valence-corrected chi connectivity index (χ4v) is 2.22. The topological polar surface area (TPSA) is 21.3 Å². The molecule has 1 unspecified atom stereocenters. The second-order valence-corrected chi connectivity index (χ2v) is 4.82. The van der Waals surface area contributed by atoms with E-state index in [0.29, 0.717) is 6.04 Å². The molecule has 0 saturated heterocycles. The summed E-state index contributed by atoms with van der Waals surface area (Å²) >= 11 is 0. The molecule has 0 amide bonds. The van der Waals surface area contributed by atoms with E-state index in [-0.39, 0.29) is 0 Å². The average molecular weight is 249 g/mol. The summed E-state index contributed by atoms with van der Waals surface area (Å²) in [5.74, 6) is 1.71. The number of benzene rings is 1. The predicted octanol–water partition coefficient (Wildman–Crippen LogP) is 4.17. The third kappa shape index (κ3) is 4.34. The molecular weight excluding hydrogens is 222 g/mol. The van der Waals surface area contributed by atoms with Crippen LogP contribution in [-0.2, 0) is 0 Å². The minimum atomic E-state index is 0.455. The molecule has 1 rings (SSSR count). The lowest BCUT2D eigenvalue weighted by Crippen LogP contribution is -2.26. The molecule has 1 N–H and O–H groups in total. The van der Waals surface area contributed by atoms with Crippen molar-refractivity contribution in [2.45, 2.75) is 46.1 Å². The summed E-state index contributed by atoms with van der Waals surface area (Å²) in [4.78, 5) is 0. The molecule has 1 aromatic carbocycles. The molecule has 0 aliphatic carbocycles. The Morgan fingerprint density at radius 1 is 1.00 bits per heavy atom. The lowest BCUT2D eigenvalue weighted by molar-refractivity contribution is 0.403. The van der Waals surface area contributed by atoms with Crippen LogP contribution in [0.2, 0.25) is 0 Å². The van der Waals surface area contributed by atoms with Gasteiger partial charge in [0, 0.05) is 6.04 Å². The number of hydrogen-bond acceptors (Lipinski definition) is 2. The van der Waals surface area contributed by atoms with Crippen molar-refractivity contribution in [1.29, 1.82) is 0 Å². The van der Waals surface area contributed by atoms with E-state index in [4.69, 9.17) is 4.74 Å². The molecule has 0 aromatic heterocycles. The Labute approximate surface area is 112 Å². The molecule has 102 valence electrons. The molecule has 0 saturated carbocycles. The van der Waals surface area contributed by atoms with Gasteiger partial charge >= 0.3 is 0 Å². The van der Waals surface area contributed by atoms with Crippen LogP contribution >= 0.6 is 0 Å². The summed E-state index contributed by atoms with van der Waals surface area (Å²) in [5.41, 5.74) is 1.35. The predicted molar refractivity (Wildman–Crippen MR) is 78.1 cm³/mol. The van der Waals surface area contributed by atoms with Gasteiger partial charge in [-0.15, -0.1) is 0 Å². The first-order chi connectivity index (χ1) is 8.74. The summed E-state index contributed by atoms with van der Waals surface area (Å²) in [6, 6.07) is 8.85. The summed E-state index contributed by atoms with van der Waals surface area (Å²) in [5, 5.41) is 3.68. The second-order valence-electron chi connectivity index (χ2n) is 4.82. The molecule has 0 aliphatic rings. The molecule has 0 fully saturated rings. The lowest BCUT2D eigenvalue weighted by atomic mass is 10.0. The summed E-state index contributed by atoms with van der Waals surface area (Å²) in [7, 11) is 1.71. The zero-order valence-electron chi connectivity index (χ0n) is 12.2. The van der Waals surface area contributed by atoms with E-state index in [0.717, 1.165) is 24.6 Å². The van der Waals surface area contributed by atoms with Gasteiger partial charge in [0.05, 0.1) is 7.11 Å². The zero-order valence-corrected chi connectivity index (χ0v) is 12.2. The van der Waals surface area contributed by atoms with Crippen LogP contribution in [0, 0.1) is 5.92 Å². The van der Waals surface area contributed by atoms with Crippen LogP contribution in [0.3, 0.4) is 0 Å². The van der Waals surface area contributed by atoms with Crippen molar-refractivity contribution in [3.63, 3.8) is 0 Å². The van der Waals surface area contributed by atoms with Gasteiger partial charge in [-0.2, -0.15) is 0 Å². The van der Waals surface area contributed by atoms with Crippen LogP contribution in [0.25, 0.3) is 0 Å². The molecular formula is C16H27NO. The molecule has 0 spiro atoms. The Bertz CT molecular complexity index is 316. The smallest absolute Gasteiger partial charge is 0.118 e. The first kappa shape index (κ1) is 15.0. The number of hydrogen-bond donors (Lipinski definition) is 1. The highest BCUT2D eigenvalue weighted by molar-refractivity contribution is 5.29. The maximum absolute atomic E-state index is 5.20. The summed E-state index contributed by atoms with van der Waals surface area (Å²) in [6.07, 6.45) is 3.62. The molecule has 2 heteroatoms. The second kappa shape index (κ2) is 8.15. The molecule has 0 radical (unpaired) electrons. The Kier molecular flexibility index (Phi) is 6.81. The van der Waals surface area contributed by atoms with Crippen molar-refractivity contribution in [3.05, 3.63) is 29.8 Å². The van der Waals surface area contributed by atoms with Crippen LogP contribution in [0.4, 0.5) is 0 Å². The van der Waals surface area contributed by atoms with Crippen LogP contribution in [0.15, 0.2) is 24.3 Å². The Hall–Kier alpha value is -1.02. The fraction of sp³-hybridized carbons (Fsp3) is 0.625. The first-order valence-corrected chi connectivity index (χ1v) is 7.12. The summed E-state index contributed by atoms with van der Waals surface area (Å²) < 4.78 is 5.20. The zero-order chi connectivity index (χ0) is 13.4. The maximum atomic E-state index is 5.20. The van der Waals surface area contributed by atoms with Gasteiger partial charge in [-0.25, -0.2) is 0 Å². The van der Waals surface area contributed by atoms with E-state index in [2.05, 4.69) is 38.2 Å². The summed E-state index contributed by atoms with van der Waals surface area (Å²) in [6.45, 7) is 7.88. The maximum Gasteiger partial charge on any atom is 0.118 e. The van der Waals surface area contributed by atoms with Crippen molar-refractivity contribution in [1.82, 2.24) is 5.32 Å². The Balaban J connectivity index is 2.58. The molecule has 1 atom stereocenters. The molecule has 0 aliphatic heterocycles. The molecule has 2 nitrogen and oxygen atoms in total. The highest BCUT2D eigenvalue weighted by Gasteiger charge is 2.11. The lowest BCUT2D eigenvalue weighted by Gasteiger charge is -2.21. The molecule has 0 heterocycles. The van der Waals surface area contributed by atoms with Crippen molar-refractivity contribution < 1.29 is 4.74 Å². The highest BCUT2D eigenvalue weighted by atomic mass is 16.5. The van der Waals surface area contributed by atoms with Crippen molar-refractivity contribution in [2.24, 2.45) is 5.92 Å². The first-order valence-electron chi connectivity index (χ1n) is 7.12. The van der Waals surface area contributed by atoms with Crippen LogP contribution in [-0.4, -0.2) is 13.7 Å².